The Balaban J connectivity index is 2.86. The van der Waals surface area contributed by atoms with E-state index in [2.05, 4.69) is 70.1 Å². The van der Waals surface area contributed by atoms with Crippen molar-refractivity contribution in [3.63, 3.8) is 0 Å². The second-order valence-corrected chi connectivity index (χ2v) is 5.59. The summed E-state index contributed by atoms with van der Waals surface area (Å²) in [6, 6.07) is 4.24. The number of rotatable bonds is 3. The van der Waals surface area contributed by atoms with Crippen LogP contribution in [0, 0.1) is 12.8 Å². The summed E-state index contributed by atoms with van der Waals surface area (Å²) in [7, 11) is 0. The lowest BCUT2D eigenvalue weighted by atomic mass is 10.2. The Kier molecular flexibility index (Phi) is 4.45. The van der Waals surface area contributed by atoms with E-state index in [9.17, 15) is 0 Å². The summed E-state index contributed by atoms with van der Waals surface area (Å²) in [5.41, 5.74) is 2.39. The Bertz CT molecular complexity index is 298. The average Bonchev–Trinajstić information content (AvgIpc) is 2.01. The maximum absolute atomic E-state index is 3.56. The molecule has 1 nitrogen and oxygen atoms in total. The van der Waals surface area contributed by atoms with Crippen molar-refractivity contribution in [3.8, 4) is 0 Å². The molecule has 0 bridgehead atoms. The van der Waals surface area contributed by atoms with E-state index < -0.39 is 0 Å². The number of halogens is 2. The molecule has 0 atom stereocenters. The van der Waals surface area contributed by atoms with Crippen molar-refractivity contribution < 1.29 is 0 Å². The van der Waals surface area contributed by atoms with Crippen LogP contribution >= 0.6 is 31.9 Å². The van der Waals surface area contributed by atoms with Crippen LogP contribution in [0.1, 0.15) is 19.4 Å². The van der Waals surface area contributed by atoms with Gasteiger partial charge in [0, 0.05) is 15.5 Å². The normalized spacial score (nSPS) is 10.7. The van der Waals surface area contributed by atoms with Gasteiger partial charge in [-0.05, 0) is 62.4 Å². The van der Waals surface area contributed by atoms with Crippen LogP contribution in [0.25, 0.3) is 0 Å². The summed E-state index contributed by atoms with van der Waals surface area (Å²) in [6.45, 7) is 7.47. The Labute approximate surface area is 103 Å². The van der Waals surface area contributed by atoms with Gasteiger partial charge in [-0.1, -0.05) is 13.8 Å². The zero-order chi connectivity index (χ0) is 10.7. The molecule has 0 radical (unpaired) electrons. The molecule has 78 valence electrons. The summed E-state index contributed by atoms with van der Waals surface area (Å²) in [5.74, 6) is 0.648. The van der Waals surface area contributed by atoms with Gasteiger partial charge >= 0.3 is 0 Å². The molecule has 3 heteroatoms. The summed E-state index contributed by atoms with van der Waals surface area (Å²) >= 11 is 7.11. The summed E-state index contributed by atoms with van der Waals surface area (Å²) in [5, 5.41) is 3.41. The number of anilines is 1. The van der Waals surface area contributed by atoms with E-state index in [1.165, 1.54) is 5.56 Å². The predicted octanol–water partition coefficient (Wildman–Crippen LogP) is 4.59. The second kappa shape index (κ2) is 5.17. The number of benzene rings is 1. The highest BCUT2D eigenvalue weighted by atomic mass is 79.9. The third-order valence-corrected chi connectivity index (χ3v) is 3.12. The van der Waals surface area contributed by atoms with E-state index in [-0.39, 0.29) is 0 Å². The second-order valence-electron chi connectivity index (χ2n) is 3.88. The molecule has 1 rings (SSSR count). The monoisotopic (exact) mass is 319 g/mol. The maximum atomic E-state index is 3.56. The number of hydrogen-bond donors (Lipinski definition) is 1. The van der Waals surface area contributed by atoms with Gasteiger partial charge in [0.15, 0.2) is 0 Å². The third kappa shape index (κ3) is 3.28. The lowest BCUT2D eigenvalue weighted by molar-refractivity contribution is 0.688. The molecule has 0 saturated heterocycles. The fourth-order valence-corrected chi connectivity index (χ4v) is 2.87. The molecule has 0 amide bonds. The van der Waals surface area contributed by atoms with Crippen LogP contribution in [0.15, 0.2) is 21.1 Å². The van der Waals surface area contributed by atoms with E-state index in [4.69, 9.17) is 0 Å². The van der Waals surface area contributed by atoms with Crippen LogP contribution in [0.4, 0.5) is 5.69 Å². The van der Waals surface area contributed by atoms with Gasteiger partial charge in [0.2, 0.25) is 0 Å². The highest BCUT2D eigenvalue weighted by Gasteiger charge is 2.05. The first-order valence-electron chi connectivity index (χ1n) is 4.70. The van der Waals surface area contributed by atoms with Crippen molar-refractivity contribution in [2.75, 3.05) is 11.9 Å². The van der Waals surface area contributed by atoms with Crippen molar-refractivity contribution in [1.29, 1.82) is 0 Å². The molecule has 1 N–H and O–H groups in total. The van der Waals surface area contributed by atoms with Crippen molar-refractivity contribution in [2.45, 2.75) is 20.8 Å². The summed E-state index contributed by atoms with van der Waals surface area (Å²) in [4.78, 5) is 0. The van der Waals surface area contributed by atoms with Crippen molar-refractivity contribution in [2.24, 2.45) is 5.92 Å². The Hall–Kier alpha value is -0.0200. The smallest absolute Gasteiger partial charge is 0.0629 e. The number of nitrogens with one attached hydrogen (secondary N) is 1. The fourth-order valence-electron chi connectivity index (χ4n) is 1.17. The van der Waals surface area contributed by atoms with Crippen LogP contribution in [0.3, 0.4) is 0 Å². The zero-order valence-electron chi connectivity index (χ0n) is 8.70. The molecule has 1 aromatic carbocycles. The van der Waals surface area contributed by atoms with Crippen LogP contribution in [0.5, 0.6) is 0 Å². The molecule has 1 aromatic rings. The average molecular weight is 321 g/mol. The van der Waals surface area contributed by atoms with Crippen molar-refractivity contribution >= 4 is 37.5 Å². The maximum Gasteiger partial charge on any atom is 0.0629 e. The zero-order valence-corrected chi connectivity index (χ0v) is 11.9. The lowest BCUT2D eigenvalue weighted by Crippen LogP contribution is -2.08. The van der Waals surface area contributed by atoms with Gasteiger partial charge in [-0.25, -0.2) is 0 Å². The lowest BCUT2D eigenvalue weighted by Gasteiger charge is -2.13. The van der Waals surface area contributed by atoms with Crippen LogP contribution in [-0.4, -0.2) is 6.54 Å². The minimum Gasteiger partial charge on any atom is -0.383 e. The molecule has 0 aliphatic heterocycles. The van der Waals surface area contributed by atoms with E-state index in [1.54, 1.807) is 0 Å². The molecular formula is C11H15Br2N. The largest absolute Gasteiger partial charge is 0.383 e. The standard InChI is InChI=1S/C11H15Br2N/c1-7(2)6-14-11-9(12)4-8(3)5-10(11)13/h4-5,7,14H,6H2,1-3H3. The number of aryl methyl sites for hydroxylation is 1. The van der Waals surface area contributed by atoms with Crippen LogP contribution in [0.2, 0.25) is 0 Å². The molecule has 0 spiro atoms. The molecule has 0 aliphatic rings. The van der Waals surface area contributed by atoms with E-state index in [1.807, 2.05) is 0 Å². The minimum absolute atomic E-state index is 0.648. The molecule has 0 aromatic heterocycles. The first kappa shape index (κ1) is 12.1. The van der Waals surface area contributed by atoms with Crippen molar-refractivity contribution in [1.82, 2.24) is 0 Å². The summed E-state index contributed by atoms with van der Waals surface area (Å²) in [6.07, 6.45) is 0. The predicted molar refractivity (Wildman–Crippen MR) is 69.9 cm³/mol. The van der Waals surface area contributed by atoms with Gasteiger partial charge in [0.05, 0.1) is 5.69 Å². The van der Waals surface area contributed by atoms with Gasteiger partial charge in [-0.3, -0.25) is 0 Å². The van der Waals surface area contributed by atoms with E-state index in [0.717, 1.165) is 21.2 Å². The Morgan fingerprint density at radius 3 is 2.14 bits per heavy atom. The molecule has 0 saturated carbocycles. The first-order chi connectivity index (χ1) is 6.50. The Morgan fingerprint density at radius 1 is 1.21 bits per heavy atom. The van der Waals surface area contributed by atoms with Gasteiger partial charge in [-0.15, -0.1) is 0 Å². The quantitative estimate of drug-likeness (QED) is 0.859. The highest BCUT2D eigenvalue weighted by Crippen LogP contribution is 2.32. The molecule has 0 aliphatic carbocycles. The third-order valence-electron chi connectivity index (χ3n) is 1.87. The molecule has 0 fully saturated rings. The SMILES string of the molecule is Cc1cc(Br)c(NCC(C)C)c(Br)c1. The molecule has 14 heavy (non-hydrogen) atoms. The minimum atomic E-state index is 0.648. The molecule has 0 heterocycles. The molecular weight excluding hydrogens is 306 g/mol. The molecule has 0 unspecified atom stereocenters. The van der Waals surface area contributed by atoms with Gasteiger partial charge < -0.3 is 5.32 Å². The van der Waals surface area contributed by atoms with Crippen molar-refractivity contribution in [3.05, 3.63) is 26.6 Å². The Morgan fingerprint density at radius 2 is 1.71 bits per heavy atom. The van der Waals surface area contributed by atoms with Gasteiger partial charge in [0.1, 0.15) is 0 Å². The van der Waals surface area contributed by atoms with E-state index in [0.29, 0.717) is 5.92 Å². The topological polar surface area (TPSA) is 12.0 Å². The summed E-state index contributed by atoms with van der Waals surface area (Å²) < 4.78 is 2.23. The van der Waals surface area contributed by atoms with Crippen LogP contribution in [-0.2, 0) is 0 Å². The highest BCUT2D eigenvalue weighted by molar-refractivity contribution is 9.11. The van der Waals surface area contributed by atoms with Gasteiger partial charge in [0.25, 0.3) is 0 Å². The number of hydrogen-bond acceptors (Lipinski definition) is 1. The van der Waals surface area contributed by atoms with Gasteiger partial charge in [-0.2, -0.15) is 0 Å². The fraction of sp³-hybridized carbons (Fsp3) is 0.455. The van der Waals surface area contributed by atoms with Crippen LogP contribution < -0.4 is 5.32 Å². The first-order valence-corrected chi connectivity index (χ1v) is 6.29. The van der Waals surface area contributed by atoms with E-state index >= 15 is 0 Å².